The average molecular weight is 176 g/mol. The summed E-state index contributed by atoms with van der Waals surface area (Å²) in [7, 11) is 3.97. The second-order valence-corrected chi connectivity index (χ2v) is 2.80. The number of likely N-dealkylation sites (N-methyl/N-ethyl adjacent to an activating group) is 1. The number of methoxy groups -OCH3 is 1. The molecule has 76 valence electrons. The number of nitrogens with one attached hydrogen (secondary N) is 1. The van der Waals surface area contributed by atoms with Gasteiger partial charge in [0.25, 0.3) is 0 Å². The van der Waals surface area contributed by atoms with Gasteiger partial charge in [-0.1, -0.05) is 27.2 Å². The summed E-state index contributed by atoms with van der Waals surface area (Å²) in [5.41, 5.74) is 0. The van der Waals surface area contributed by atoms with E-state index in [0.717, 1.165) is 13.2 Å². The molecule has 2 heteroatoms. The van der Waals surface area contributed by atoms with Crippen molar-refractivity contribution in [3.8, 4) is 0 Å². The molecule has 12 heavy (non-hydrogen) atoms. The van der Waals surface area contributed by atoms with Gasteiger partial charge in [-0.05, 0) is 6.42 Å². The third kappa shape index (κ3) is 12.6. The SMILES string of the molecule is CC.CCCC[NH+](C)CCOC. The van der Waals surface area contributed by atoms with Crippen LogP contribution in [0.15, 0.2) is 0 Å². The molecular weight excluding hydrogens is 150 g/mol. The van der Waals surface area contributed by atoms with Gasteiger partial charge in [0.1, 0.15) is 6.54 Å². The molecule has 0 aliphatic rings. The lowest BCUT2D eigenvalue weighted by atomic mass is 10.3. The van der Waals surface area contributed by atoms with Crippen molar-refractivity contribution in [1.29, 1.82) is 0 Å². The van der Waals surface area contributed by atoms with Crippen molar-refractivity contribution in [3.63, 3.8) is 0 Å². The maximum atomic E-state index is 4.97. The van der Waals surface area contributed by atoms with Crippen LogP contribution in [0.3, 0.4) is 0 Å². The number of hydrogen-bond acceptors (Lipinski definition) is 1. The van der Waals surface area contributed by atoms with Crippen molar-refractivity contribution in [2.45, 2.75) is 33.6 Å². The summed E-state index contributed by atoms with van der Waals surface area (Å²) in [4.78, 5) is 1.57. The smallest absolute Gasteiger partial charge is 0.101 e. The Balaban J connectivity index is 0. The molecule has 0 aliphatic carbocycles. The number of ether oxygens (including phenoxy) is 1. The van der Waals surface area contributed by atoms with Gasteiger partial charge in [-0.15, -0.1) is 0 Å². The molecule has 0 aromatic carbocycles. The zero-order valence-corrected chi connectivity index (χ0v) is 9.44. The highest BCUT2D eigenvalue weighted by Gasteiger charge is 1.97. The molecule has 0 aliphatic heterocycles. The van der Waals surface area contributed by atoms with Crippen LogP contribution in [0.25, 0.3) is 0 Å². The molecule has 0 bridgehead atoms. The molecular formula is C10H26NO+. The molecule has 1 N–H and O–H groups in total. The Kier molecular flexibility index (Phi) is 16.3. The van der Waals surface area contributed by atoms with Crippen molar-refractivity contribution < 1.29 is 9.64 Å². The lowest BCUT2D eigenvalue weighted by molar-refractivity contribution is -0.880. The first-order valence-corrected chi connectivity index (χ1v) is 5.11. The standard InChI is InChI=1S/C8H19NO.C2H6/c1-4-5-6-9(2)7-8-10-3;1-2/h4-8H2,1-3H3;1-2H3/p+1. The summed E-state index contributed by atoms with van der Waals surface area (Å²) in [6.07, 6.45) is 2.62. The Morgan fingerprint density at radius 1 is 1.17 bits per heavy atom. The highest BCUT2D eigenvalue weighted by atomic mass is 16.5. The molecule has 0 radical (unpaired) electrons. The van der Waals surface area contributed by atoms with E-state index in [1.165, 1.54) is 19.4 Å². The van der Waals surface area contributed by atoms with Gasteiger partial charge in [0, 0.05) is 7.11 Å². The third-order valence-electron chi connectivity index (χ3n) is 1.69. The second-order valence-electron chi connectivity index (χ2n) is 2.80. The Hall–Kier alpha value is -0.0800. The van der Waals surface area contributed by atoms with Gasteiger partial charge in [0.15, 0.2) is 0 Å². The maximum Gasteiger partial charge on any atom is 0.101 e. The van der Waals surface area contributed by atoms with Gasteiger partial charge in [0.2, 0.25) is 0 Å². The van der Waals surface area contributed by atoms with E-state index in [1.54, 1.807) is 12.0 Å². The minimum atomic E-state index is 0.884. The van der Waals surface area contributed by atoms with E-state index >= 15 is 0 Å². The van der Waals surface area contributed by atoms with Crippen LogP contribution in [0, 0.1) is 0 Å². The first-order chi connectivity index (χ1) is 5.81. The van der Waals surface area contributed by atoms with Gasteiger partial charge < -0.3 is 9.64 Å². The van der Waals surface area contributed by atoms with E-state index in [4.69, 9.17) is 4.74 Å². The molecule has 0 saturated carbocycles. The first-order valence-electron chi connectivity index (χ1n) is 5.11. The third-order valence-corrected chi connectivity index (χ3v) is 1.69. The molecule has 0 amide bonds. The number of quaternary nitrogens is 1. The molecule has 0 spiro atoms. The Morgan fingerprint density at radius 2 is 1.75 bits per heavy atom. The molecule has 0 heterocycles. The summed E-state index contributed by atoms with van der Waals surface area (Å²) in [5, 5.41) is 0. The summed E-state index contributed by atoms with van der Waals surface area (Å²) in [5.74, 6) is 0. The van der Waals surface area contributed by atoms with Crippen molar-refractivity contribution in [1.82, 2.24) is 0 Å². The van der Waals surface area contributed by atoms with Crippen LogP contribution in [0.2, 0.25) is 0 Å². The topological polar surface area (TPSA) is 13.7 Å². The molecule has 0 rings (SSSR count). The largest absolute Gasteiger partial charge is 0.379 e. The van der Waals surface area contributed by atoms with Gasteiger partial charge in [-0.3, -0.25) is 0 Å². The molecule has 0 fully saturated rings. The minimum Gasteiger partial charge on any atom is -0.379 e. The van der Waals surface area contributed by atoms with Crippen LogP contribution in [0.4, 0.5) is 0 Å². The van der Waals surface area contributed by atoms with Crippen LogP contribution in [0.1, 0.15) is 33.6 Å². The molecule has 0 aromatic heterocycles. The first kappa shape index (κ1) is 14.4. The van der Waals surface area contributed by atoms with Crippen LogP contribution >= 0.6 is 0 Å². The van der Waals surface area contributed by atoms with Crippen LogP contribution in [-0.4, -0.2) is 33.9 Å². The fourth-order valence-corrected chi connectivity index (χ4v) is 0.880. The van der Waals surface area contributed by atoms with Crippen molar-refractivity contribution >= 4 is 0 Å². The molecule has 1 unspecified atom stereocenters. The lowest BCUT2D eigenvalue weighted by Crippen LogP contribution is -3.09. The lowest BCUT2D eigenvalue weighted by Gasteiger charge is -2.11. The zero-order chi connectivity index (χ0) is 9.82. The van der Waals surface area contributed by atoms with Crippen LogP contribution in [-0.2, 0) is 4.74 Å². The van der Waals surface area contributed by atoms with E-state index in [1.807, 2.05) is 13.8 Å². The Morgan fingerprint density at radius 3 is 2.17 bits per heavy atom. The van der Waals surface area contributed by atoms with E-state index in [0.29, 0.717) is 0 Å². The normalized spacial score (nSPS) is 11.8. The number of hydrogen-bond donors (Lipinski definition) is 1. The quantitative estimate of drug-likeness (QED) is 0.637. The number of rotatable bonds is 6. The van der Waals surface area contributed by atoms with E-state index in [9.17, 15) is 0 Å². The molecule has 2 nitrogen and oxygen atoms in total. The van der Waals surface area contributed by atoms with Crippen molar-refractivity contribution in [2.75, 3.05) is 33.9 Å². The summed E-state index contributed by atoms with van der Waals surface area (Å²) in [6, 6.07) is 0. The van der Waals surface area contributed by atoms with Crippen LogP contribution < -0.4 is 4.90 Å². The fourth-order valence-electron chi connectivity index (χ4n) is 0.880. The Bertz CT molecular complexity index is 58.9. The second kappa shape index (κ2) is 13.5. The van der Waals surface area contributed by atoms with Crippen molar-refractivity contribution in [3.05, 3.63) is 0 Å². The highest BCUT2D eigenvalue weighted by molar-refractivity contribution is 4.29. The van der Waals surface area contributed by atoms with Gasteiger partial charge in [-0.2, -0.15) is 0 Å². The van der Waals surface area contributed by atoms with E-state index < -0.39 is 0 Å². The monoisotopic (exact) mass is 176 g/mol. The highest BCUT2D eigenvalue weighted by Crippen LogP contribution is 1.78. The molecule has 1 atom stereocenters. The Labute approximate surface area is 77.9 Å². The summed E-state index contributed by atoms with van der Waals surface area (Å²) in [6.45, 7) is 9.52. The average Bonchev–Trinajstić information content (AvgIpc) is 2.14. The van der Waals surface area contributed by atoms with Gasteiger partial charge >= 0.3 is 0 Å². The fraction of sp³-hybridized carbons (Fsp3) is 1.00. The van der Waals surface area contributed by atoms with Gasteiger partial charge in [0.05, 0.1) is 20.2 Å². The van der Waals surface area contributed by atoms with Crippen molar-refractivity contribution in [2.24, 2.45) is 0 Å². The number of unbranched alkanes of at least 4 members (excludes halogenated alkanes) is 1. The minimum absolute atomic E-state index is 0.884. The predicted molar refractivity (Wildman–Crippen MR) is 54.8 cm³/mol. The predicted octanol–water partition coefficient (Wildman–Crippen LogP) is 0.974. The summed E-state index contributed by atoms with van der Waals surface area (Å²) >= 11 is 0. The molecule has 0 saturated heterocycles. The summed E-state index contributed by atoms with van der Waals surface area (Å²) < 4.78 is 4.97. The van der Waals surface area contributed by atoms with Crippen LogP contribution in [0.5, 0.6) is 0 Å². The van der Waals surface area contributed by atoms with E-state index in [2.05, 4.69) is 14.0 Å². The van der Waals surface area contributed by atoms with Gasteiger partial charge in [-0.25, -0.2) is 0 Å². The zero-order valence-electron chi connectivity index (χ0n) is 9.44. The molecule has 0 aromatic rings. The maximum absolute atomic E-state index is 4.97. The van der Waals surface area contributed by atoms with E-state index in [-0.39, 0.29) is 0 Å².